The third-order valence-electron chi connectivity index (χ3n) is 3.93. The lowest BCUT2D eigenvalue weighted by molar-refractivity contribution is -0.122. The first-order valence-corrected chi connectivity index (χ1v) is 8.52. The Hall–Kier alpha value is -3.20. The molecule has 0 fully saturated rings. The van der Waals surface area contributed by atoms with E-state index in [4.69, 9.17) is 16.9 Å². The van der Waals surface area contributed by atoms with Crippen molar-refractivity contribution < 1.29 is 4.79 Å². The number of nitrogens with one attached hydrogen (secondary N) is 2. The molecule has 9 nitrogen and oxygen atoms in total. The van der Waals surface area contributed by atoms with Gasteiger partial charge in [0.05, 0.1) is 0 Å². The van der Waals surface area contributed by atoms with E-state index in [0.717, 1.165) is 13.0 Å². The Bertz CT molecular complexity index is 821. The first-order chi connectivity index (χ1) is 12.8. The van der Waals surface area contributed by atoms with Gasteiger partial charge in [0.15, 0.2) is 0 Å². The van der Waals surface area contributed by atoms with Gasteiger partial charge in [-0.2, -0.15) is 4.98 Å². The molecule has 1 amide bonds. The normalized spacial score (nSPS) is 10.7. The van der Waals surface area contributed by atoms with Gasteiger partial charge in [0.2, 0.25) is 5.95 Å². The maximum Gasteiger partial charge on any atom is 0.272 e. The molecular formula is C18H26N8O. The molecule has 1 aromatic carbocycles. The van der Waals surface area contributed by atoms with Gasteiger partial charge >= 0.3 is 0 Å². The second kappa shape index (κ2) is 8.95. The number of rotatable bonds is 8. The number of benzene rings is 1. The highest BCUT2D eigenvalue weighted by Crippen LogP contribution is 2.22. The van der Waals surface area contributed by atoms with Crippen LogP contribution in [0.1, 0.15) is 12.0 Å². The van der Waals surface area contributed by atoms with Gasteiger partial charge in [-0.05, 0) is 51.3 Å². The maximum absolute atomic E-state index is 12.6. The quantitative estimate of drug-likeness (QED) is 0.404. The SMILES string of the molecule is CN(C)CCCN(C)C(=O)C(=N)c1cc(Nc2ccnc(N)n2)ccc1N. The summed E-state index contributed by atoms with van der Waals surface area (Å²) < 4.78 is 0. The van der Waals surface area contributed by atoms with Gasteiger partial charge in [-0.25, -0.2) is 4.98 Å². The van der Waals surface area contributed by atoms with Crippen molar-refractivity contribution in [3.63, 3.8) is 0 Å². The average molecular weight is 370 g/mol. The zero-order chi connectivity index (χ0) is 20.0. The molecule has 2 rings (SSSR count). The van der Waals surface area contributed by atoms with Gasteiger partial charge in [0.1, 0.15) is 11.5 Å². The third kappa shape index (κ3) is 5.65. The number of likely N-dealkylation sites (N-methyl/N-ethyl adjacent to an activating group) is 1. The molecule has 1 aromatic heterocycles. The molecule has 2 aromatic rings. The van der Waals surface area contributed by atoms with E-state index in [9.17, 15) is 4.79 Å². The van der Waals surface area contributed by atoms with Crippen LogP contribution in [0.25, 0.3) is 0 Å². The fourth-order valence-corrected chi connectivity index (χ4v) is 2.47. The predicted octanol–water partition coefficient (Wildman–Crippen LogP) is 1.16. The van der Waals surface area contributed by atoms with E-state index < -0.39 is 0 Å². The van der Waals surface area contributed by atoms with Gasteiger partial charge < -0.3 is 26.6 Å². The van der Waals surface area contributed by atoms with Crippen LogP contribution in [0.5, 0.6) is 0 Å². The molecule has 0 saturated carbocycles. The summed E-state index contributed by atoms with van der Waals surface area (Å²) in [5.41, 5.74) is 12.8. The standard InChI is InChI=1S/C18H26N8O/c1-25(2)9-4-10-26(3)17(27)16(20)13-11-12(5-6-14(13)19)23-15-7-8-22-18(21)24-15/h5-8,11,20H,4,9-10,19H2,1-3H3,(H3,21,22,23,24). The van der Waals surface area contributed by atoms with Gasteiger partial charge in [-0.1, -0.05) is 0 Å². The third-order valence-corrected chi connectivity index (χ3v) is 3.93. The van der Waals surface area contributed by atoms with Crippen molar-refractivity contribution in [2.45, 2.75) is 6.42 Å². The zero-order valence-corrected chi connectivity index (χ0v) is 15.9. The molecule has 6 N–H and O–H groups in total. The summed E-state index contributed by atoms with van der Waals surface area (Å²) in [7, 11) is 5.65. The van der Waals surface area contributed by atoms with Crippen molar-refractivity contribution in [1.82, 2.24) is 19.8 Å². The number of nitrogen functional groups attached to an aromatic ring is 2. The molecule has 0 bridgehead atoms. The number of hydrogen-bond donors (Lipinski definition) is 4. The van der Waals surface area contributed by atoms with Crippen molar-refractivity contribution >= 4 is 34.8 Å². The van der Waals surface area contributed by atoms with Crippen LogP contribution in [0.15, 0.2) is 30.5 Å². The Kier molecular flexibility index (Phi) is 6.67. The Balaban J connectivity index is 2.12. The lowest BCUT2D eigenvalue weighted by Gasteiger charge is -2.20. The number of aromatic nitrogens is 2. The van der Waals surface area contributed by atoms with Crippen LogP contribution < -0.4 is 16.8 Å². The van der Waals surface area contributed by atoms with Crippen LogP contribution in [0, 0.1) is 5.41 Å². The minimum atomic E-state index is -0.371. The van der Waals surface area contributed by atoms with Gasteiger partial charge in [0, 0.05) is 36.7 Å². The van der Waals surface area contributed by atoms with E-state index >= 15 is 0 Å². The van der Waals surface area contributed by atoms with Gasteiger partial charge in [-0.3, -0.25) is 10.2 Å². The molecular weight excluding hydrogens is 344 g/mol. The van der Waals surface area contributed by atoms with E-state index in [1.807, 2.05) is 14.1 Å². The summed E-state index contributed by atoms with van der Waals surface area (Å²) >= 11 is 0. The van der Waals surface area contributed by atoms with E-state index in [1.165, 1.54) is 11.1 Å². The Morgan fingerprint density at radius 2 is 1.93 bits per heavy atom. The molecule has 0 atom stereocenters. The van der Waals surface area contributed by atoms with Crippen molar-refractivity contribution in [3.8, 4) is 0 Å². The Morgan fingerprint density at radius 3 is 2.59 bits per heavy atom. The molecule has 27 heavy (non-hydrogen) atoms. The summed E-state index contributed by atoms with van der Waals surface area (Å²) in [6, 6.07) is 6.72. The van der Waals surface area contributed by atoms with Crippen molar-refractivity contribution in [2.24, 2.45) is 0 Å². The minimum absolute atomic E-state index is 0.147. The molecule has 0 saturated heterocycles. The van der Waals surface area contributed by atoms with Crippen molar-refractivity contribution in [2.75, 3.05) is 51.0 Å². The topological polar surface area (TPSA) is 137 Å². The zero-order valence-electron chi connectivity index (χ0n) is 15.9. The number of carbonyl (C=O) groups excluding carboxylic acids is 1. The maximum atomic E-state index is 12.6. The molecule has 0 aliphatic rings. The molecule has 1 heterocycles. The van der Waals surface area contributed by atoms with Crippen LogP contribution in [-0.2, 0) is 4.79 Å². The highest BCUT2D eigenvalue weighted by Gasteiger charge is 2.19. The molecule has 0 unspecified atom stereocenters. The molecule has 9 heteroatoms. The summed E-state index contributed by atoms with van der Waals surface area (Å²) in [6.07, 6.45) is 2.37. The number of carbonyl (C=O) groups is 1. The van der Waals surface area contributed by atoms with Crippen LogP contribution >= 0.6 is 0 Å². The number of anilines is 4. The smallest absolute Gasteiger partial charge is 0.272 e. The Labute approximate surface area is 158 Å². The molecule has 0 radical (unpaired) electrons. The van der Waals surface area contributed by atoms with Gasteiger partial charge in [-0.15, -0.1) is 0 Å². The summed E-state index contributed by atoms with van der Waals surface area (Å²) in [5.74, 6) is 0.290. The largest absolute Gasteiger partial charge is 0.398 e. The number of nitrogens with two attached hydrogens (primary N) is 2. The van der Waals surface area contributed by atoms with Crippen molar-refractivity contribution in [3.05, 3.63) is 36.0 Å². The van der Waals surface area contributed by atoms with E-state index in [0.29, 0.717) is 29.3 Å². The highest BCUT2D eigenvalue weighted by atomic mass is 16.2. The lowest BCUT2D eigenvalue weighted by Crippen LogP contribution is -2.35. The highest BCUT2D eigenvalue weighted by molar-refractivity contribution is 6.45. The summed E-state index contributed by atoms with van der Waals surface area (Å²) in [6.45, 7) is 1.44. The first-order valence-electron chi connectivity index (χ1n) is 8.52. The Morgan fingerprint density at radius 1 is 1.19 bits per heavy atom. The van der Waals surface area contributed by atoms with E-state index in [1.54, 1.807) is 31.3 Å². The lowest BCUT2D eigenvalue weighted by atomic mass is 10.1. The van der Waals surface area contributed by atoms with Crippen molar-refractivity contribution in [1.29, 1.82) is 5.41 Å². The molecule has 0 aliphatic heterocycles. The molecule has 0 spiro atoms. The second-order valence-corrected chi connectivity index (χ2v) is 6.49. The second-order valence-electron chi connectivity index (χ2n) is 6.49. The van der Waals surface area contributed by atoms with E-state index in [2.05, 4.69) is 20.2 Å². The monoisotopic (exact) mass is 370 g/mol. The van der Waals surface area contributed by atoms with Gasteiger partial charge in [0.25, 0.3) is 5.91 Å². The first kappa shape index (κ1) is 20.1. The predicted molar refractivity (Wildman–Crippen MR) is 108 cm³/mol. The van der Waals surface area contributed by atoms with Crippen LogP contribution in [-0.4, -0.2) is 65.6 Å². The van der Waals surface area contributed by atoms with Crippen LogP contribution in [0.2, 0.25) is 0 Å². The minimum Gasteiger partial charge on any atom is -0.398 e. The molecule has 0 aliphatic carbocycles. The van der Waals surface area contributed by atoms with E-state index in [-0.39, 0.29) is 17.6 Å². The number of nitrogens with zero attached hydrogens (tertiary/aromatic N) is 4. The summed E-state index contributed by atoms with van der Waals surface area (Å²) in [4.78, 5) is 24.1. The number of amides is 1. The summed E-state index contributed by atoms with van der Waals surface area (Å²) in [5, 5.41) is 11.4. The average Bonchev–Trinajstić information content (AvgIpc) is 2.61. The fourth-order valence-electron chi connectivity index (χ4n) is 2.47. The van der Waals surface area contributed by atoms with Crippen LogP contribution in [0.4, 0.5) is 23.1 Å². The van der Waals surface area contributed by atoms with Crippen LogP contribution in [0.3, 0.4) is 0 Å². The fraction of sp³-hybridized carbons (Fsp3) is 0.333. The number of hydrogen-bond acceptors (Lipinski definition) is 8. The molecule has 144 valence electrons.